The van der Waals surface area contributed by atoms with Crippen LogP contribution in [0.2, 0.25) is 0 Å². The van der Waals surface area contributed by atoms with Gasteiger partial charge >= 0.3 is 0 Å². The van der Waals surface area contributed by atoms with Crippen molar-refractivity contribution in [1.82, 2.24) is 10.2 Å². The van der Waals surface area contributed by atoms with Crippen molar-refractivity contribution in [3.05, 3.63) is 53.4 Å². The van der Waals surface area contributed by atoms with Gasteiger partial charge in [0.1, 0.15) is 0 Å². The van der Waals surface area contributed by atoms with Crippen molar-refractivity contribution in [3.8, 4) is 0 Å². The van der Waals surface area contributed by atoms with Crippen molar-refractivity contribution >= 4 is 52.2 Å². The molecule has 0 saturated heterocycles. The number of halogens is 5. The quantitative estimate of drug-likeness (QED) is 0.219. The van der Waals surface area contributed by atoms with Gasteiger partial charge in [-0.2, -0.15) is 0 Å². The zero-order chi connectivity index (χ0) is 25.6. The molecule has 0 bridgehead atoms. The number of benzene rings is 2. The largest absolute Gasteiger partial charge is 0.279 e. The second-order valence-electron chi connectivity index (χ2n) is 6.05. The highest BCUT2D eigenvalue weighted by atomic mass is 32.2. The van der Waals surface area contributed by atoms with E-state index in [4.69, 9.17) is 5.14 Å². The number of primary sulfonamides is 1. The molecule has 3 rings (SSSR count). The number of anilines is 2. The lowest BCUT2D eigenvalue weighted by Gasteiger charge is -2.12. The minimum absolute atomic E-state index is 0.300. The van der Waals surface area contributed by atoms with Crippen LogP contribution in [-0.4, -0.2) is 35.5 Å². The van der Waals surface area contributed by atoms with E-state index in [-0.39, 0.29) is 0 Å². The summed E-state index contributed by atoms with van der Waals surface area (Å²) in [6.07, 6.45) is 0. The van der Waals surface area contributed by atoms with E-state index in [1.54, 1.807) is 4.72 Å². The van der Waals surface area contributed by atoms with Gasteiger partial charge in [0.2, 0.25) is 15.3 Å². The van der Waals surface area contributed by atoms with E-state index < -0.39 is 84.1 Å². The SMILES string of the molecule is NS(=O)(=O)c1nnc(NS(=O)(=O)c2ccc(NS(=O)(=O)c3c(F)c(F)c(F)c(F)c3F)cc2)s1. The molecule has 0 aliphatic carbocycles. The molecule has 0 fully saturated rings. The van der Waals surface area contributed by atoms with Gasteiger partial charge in [0.25, 0.3) is 30.1 Å². The van der Waals surface area contributed by atoms with Crippen LogP contribution in [0.3, 0.4) is 0 Å². The Balaban J connectivity index is 1.87. The van der Waals surface area contributed by atoms with E-state index in [1.807, 2.05) is 4.72 Å². The van der Waals surface area contributed by atoms with E-state index in [0.717, 1.165) is 24.3 Å². The standard InChI is InChI=1S/C14H8F5N5O6S4/c15-7-8(16)10(18)12(11(19)9(7)17)34(29,30)23-5-1-3-6(4-2-5)33(27,28)24-13-21-22-14(31-13)32(20,25)26/h1-4,23H,(H,21,24)(H2,20,25,26). The first-order valence-electron chi connectivity index (χ1n) is 8.08. The van der Waals surface area contributed by atoms with Crippen molar-refractivity contribution < 1.29 is 47.2 Å². The molecule has 1 aromatic heterocycles. The van der Waals surface area contributed by atoms with Gasteiger partial charge in [0.05, 0.1) is 4.90 Å². The molecule has 34 heavy (non-hydrogen) atoms. The van der Waals surface area contributed by atoms with Crippen LogP contribution < -0.4 is 14.6 Å². The molecule has 1 heterocycles. The highest BCUT2D eigenvalue weighted by Crippen LogP contribution is 2.29. The maximum atomic E-state index is 13.8. The van der Waals surface area contributed by atoms with Crippen LogP contribution >= 0.6 is 11.3 Å². The zero-order valence-corrected chi connectivity index (χ0v) is 19.0. The summed E-state index contributed by atoms with van der Waals surface area (Å²) in [5.74, 6) is -12.7. The molecule has 4 N–H and O–H groups in total. The lowest BCUT2D eigenvalue weighted by molar-refractivity contribution is 0.358. The second kappa shape index (κ2) is 8.69. The van der Waals surface area contributed by atoms with Gasteiger partial charge in [0, 0.05) is 5.69 Å². The third-order valence-corrected chi connectivity index (χ3v) is 8.76. The summed E-state index contributed by atoms with van der Waals surface area (Å²) in [4.78, 5) is -2.65. The van der Waals surface area contributed by atoms with E-state index in [0.29, 0.717) is 11.3 Å². The molecule has 184 valence electrons. The summed E-state index contributed by atoms with van der Waals surface area (Å²) in [5.41, 5.74) is -0.504. The van der Waals surface area contributed by atoms with Crippen molar-refractivity contribution in [2.75, 3.05) is 9.44 Å². The van der Waals surface area contributed by atoms with E-state index in [9.17, 15) is 47.2 Å². The molecule has 0 spiro atoms. The first kappa shape index (κ1) is 25.7. The van der Waals surface area contributed by atoms with E-state index in [1.165, 1.54) is 0 Å². The molecule has 0 radical (unpaired) electrons. The van der Waals surface area contributed by atoms with Crippen LogP contribution in [0.15, 0.2) is 38.4 Å². The Morgan fingerprint density at radius 3 is 1.68 bits per heavy atom. The Labute approximate surface area is 191 Å². The van der Waals surface area contributed by atoms with Crippen LogP contribution in [0.1, 0.15) is 0 Å². The summed E-state index contributed by atoms with van der Waals surface area (Å²) in [5, 5.41) is 10.9. The number of nitrogens with one attached hydrogen (secondary N) is 2. The van der Waals surface area contributed by atoms with Gasteiger partial charge in [-0.15, -0.1) is 10.2 Å². The van der Waals surface area contributed by atoms with Crippen LogP contribution in [0.4, 0.5) is 32.8 Å². The summed E-state index contributed by atoms with van der Waals surface area (Å²) in [7, 11) is -14.0. The van der Waals surface area contributed by atoms with E-state index in [2.05, 4.69) is 10.2 Å². The Kier molecular flexibility index (Phi) is 6.56. The summed E-state index contributed by atoms with van der Waals surface area (Å²) in [6, 6.07) is 3.21. The molecule has 0 atom stereocenters. The lowest BCUT2D eigenvalue weighted by Crippen LogP contribution is -2.19. The molecular weight excluding hydrogens is 557 g/mol. The van der Waals surface area contributed by atoms with Crippen molar-refractivity contribution in [2.24, 2.45) is 5.14 Å². The molecule has 11 nitrogen and oxygen atoms in total. The average Bonchev–Trinajstić information content (AvgIpc) is 3.19. The first-order chi connectivity index (χ1) is 15.5. The fourth-order valence-electron chi connectivity index (χ4n) is 2.27. The monoisotopic (exact) mass is 565 g/mol. The Morgan fingerprint density at radius 2 is 1.21 bits per heavy atom. The van der Waals surface area contributed by atoms with Gasteiger partial charge in [-0.1, -0.05) is 11.3 Å². The van der Waals surface area contributed by atoms with Crippen LogP contribution in [-0.2, 0) is 30.1 Å². The zero-order valence-electron chi connectivity index (χ0n) is 15.8. The Bertz CT molecular complexity index is 1580. The fraction of sp³-hybridized carbons (Fsp3) is 0. The summed E-state index contributed by atoms with van der Waals surface area (Å²) in [6.45, 7) is 0. The molecule has 0 aliphatic rings. The van der Waals surface area contributed by atoms with Crippen LogP contribution in [0.5, 0.6) is 0 Å². The molecule has 2 aromatic carbocycles. The van der Waals surface area contributed by atoms with Gasteiger partial charge < -0.3 is 0 Å². The predicted molar refractivity (Wildman–Crippen MR) is 106 cm³/mol. The van der Waals surface area contributed by atoms with Gasteiger partial charge in [-0.25, -0.2) is 52.3 Å². The second-order valence-corrected chi connectivity index (χ2v) is 12.1. The lowest BCUT2D eigenvalue weighted by atomic mass is 10.3. The Morgan fingerprint density at radius 1 is 0.706 bits per heavy atom. The Hall–Kier alpha value is -2.94. The maximum Gasteiger partial charge on any atom is 0.267 e. The molecule has 0 saturated carbocycles. The number of sulfonamides is 3. The van der Waals surface area contributed by atoms with Crippen molar-refractivity contribution in [2.45, 2.75) is 14.1 Å². The minimum atomic E-state index is -5.34. The van der Waals surface area contributed by atoms with Gasteiger partial charge in [-0.3, -0.25) is 9.44 Å². The van der Waals surface area contributed by atoms with Crippen molar-refractivity contribution in [1.29, 1.82) is 0 Å². The number of hydrogen-bond donors (Lipinski definition) is 3. The van der Waals surface area contributed by atoms with Crippen LogP contribution in [0, 0.1) is 29.1 Å². The topological polar surface area (TPSA) is 178 Å². The highest BCUT2D eigenvalue weighted by Gasteiger charge is 2.33. The normalized spacial score (nSPS) is 12.5. The third kappa shape index (κ3) is 4.94. The minimum Gasteiger partial charge on any atom is -0.279 e. The molecule has 0 amide bonds. The number of rotatable bonds is 7. The summed E-state index contributed by atoms with van der Waals surface area (Å²) < 4.78 is 142. The highest BCUT2D eigenvalue weighted by molar-refractivity contribution is 7.93. The molecular formula is C14H8F5N5O6S4. The number of aromatic nitrogens is 2. The predicted octanol–water partition coefficient (Wildman–Crippen LogP) is 1.48. The van der Waals surface area contributed by atoms with Gasteiger partial charge in [0.15, 0.2) is 28.2 Å². The van der Waals surface area contributed by atoms with E-state index >= 15 is 0 Å². The molecule has 0 aliphatic heterocycles. The molecule has 20 heteroatoms. The third-order valence-electron chi connectivity index (χ3n) is 3.73. The fourth-order valence-corrected chi connectivity index (χ4v) is 6.03. The average molecular weight is 566 g/mol. The van der Waals surface area contributed by atoms with Crippen LogP contribution in [0.25, 0.3) is 0 Å². The molecule has 0 unspecified atom stereocenters. The summed E-state index contributed by atoms with van der Waals surface area (Å²) >= 11 is 0.300. The smallest absolute Gasteiger partial charge is 0.267 e. The number of nitrogens with zero attached hydrogens (tertiary/aromatic N) is 2. The van der Waals surface area contributed by atoms with Crippen molar-refractivity contribution in [3.63, 3.8) is 0 Å². The first-order valence-corrected chi connectivity index (χ1v) is 13.4. The van der Waals surface area contributed by atoms with Gasteiger partial charge in [-0.05, 0) is 24.3 Å². The number of nitrogens with two attached hydrogens (primary N) is 1. The number of hydrogen-bond acceptors (Lipinski definition) is 9. The maximum absolute atomic E-state index is 13.8. The molecule has 3 aromatic rings.